The van der Waals surface area contributed by atoms with Gasteiger partial charge in [-0.05, 0) is 42.5 Å². The monoisotopic (exact) mass is 376 g/mol. The van der Waals surface area contributed by atoms with Gasteiger partial charge in [0.05, 0.1) is 11.4 Å². The second kappa shape index (κ2) is 7.28. The molecule has 4 heteroatoms. The van der Waals surface area contributed by atoms with E-state index in [-0.39, 0.29) is 0 Å². The highest BCUT2D eigenvalue weighted by Gasteiger charge is 2.10. The van der Waals surface area contributed by atoms with Crippen molar-refractivity contribution in [2.24, 2.45) is 0 Å². The van der Waals surface area contributed by atoms with E-state index in [1.807, 2.05) is 84.9 Å². The van der Waals surface area contributed by atoms with E-state index in [9.17, 15) is 0 Å². The topological polar surface area (TPSA) is 25.8 Å². The number of hydrogen-bond acceptors (Lipinski definition) is 2. The fourth-order valence-corrected chi connectivity index (χ4v) is 2.95. The lowest BCUT2D eigenvalue weighted by Gasteiger charge is -2.09. The summed E-state index contributed by atoms with van der Waals surface area (Å²) in [5.41, 5.74) is 4.67. The fraction of sp³-hybridized carbons (Fsp3) is 0. The maximum Gasteiger partial charge on any atom is 0.160 e. The Labute approximate surface area is 162 Å². The van der Waals surface area contributed by atoms with Gasteiger partial charge in [-0.1, -0.05) is 65.7 Å². The summed E-state index contributed by atoms with van der Waals surface area (Å²) < 4.78 is 0. The summed E-state index contributed by atoms with van der Waals surface area (Å²) >= 11 is 12.0. The van der Waals surface area contributed by atoms with Crippen molar-refractivity contribution in [3.63, 3.8) is 0 Å². The van der Waals surface area contributed by atoms with Crippen LogP contribution >= 0.6 is 23.2 Å². The Balaban J connectivity index is 1.89. The Morgan fingerprint density at radius 2 is 0.962 bits per heavy atom. The zero-order valence-electron chi connectivity index (χ0n) is 13.7. The predicted octanol–water partition coefficient (Wildman–Crippen LogP) is 6.78. The average Bonchev–Trinajstić information content (AvgIpc) is 2.69. The van der Waals surface area contributed by atoms with Crippen LogP contribution in [0.4, 0.5) is 0 Å². The van der Waals surface area contributed by atoms with E-state index < -0.39 is 0 Å². The van der Waals surface area contributed by atoms with Crippen LogP contribution in [0.2, 0.25) is 10.0 Å². The number of aromatic nitrogens is 2. The minimum absolute atomic E-state index is 0.660. The molecule has 0 N–H and O–H groups in total. The molecule has 2 nitrogen and oxygen atoms in total. The van der Waals surface area contributed by atoms with E-state index >= 15 is 0 Å². The standard InChI is InChI=1S/C22H14Cl2N2/c23-18-10-6-16(7-11-18)21-14-20(15-4-2-1-3-5-15)25-22(26-21)17-8-12-19(24)13-9-17/h1-14H. The molecule has 0 atom stereocenters. The maximum atomic E-state index is 6.02. The van der Waals surface area contributed by atoms with Gasteiger partial charge >= 0.3 is 0 Å². The summed E-state index contributed by atoms with van der Waals surface area (Å²) in [6.07, 6.45) is 0. The third-order valence-electron chi connectivity index (χ3n) is 4.04. The second-order valence-electron chi connectivity index (χ2n) is 5.84. The summed E-state index contributed by atoms with van der Waals surface area (Å²) in [4.78, 5) is 9.53. The van der Waals surface area contributed by atoms with Crippen LogP contribution in [0.5, 0.6) is 0 Å². The van der Waals surface area contributed by atoms with Gasteiger partial charge in [-0.2, -0.15) is 0 Å². The SMILES string of the molecule is Clc1ccc(-c2cc(-c3ccccc3)nc(-c3ccc(Cl)cc3)n2)cc1. The van der Waals surface area contributed by atoms with Gasteiger partial charge in [0.2, 0.25) is 0 Å². The Morgan fingerprint density at radius 1 is 0.500 bits per heavy atom. The molecule has 4 aromatic rings. The van der Waals surface area contributed by atoms with Gasteiger partial charge in [-0.3, -0.25) is 0 Å². The molecule has 1 aromatic heterocycles. The summed E-state index contributed by atoms with van der Waals surface area (Å²) in [5.74, 6) is 0.660. The molecule has 0 fully saturated rings. The first-order valence-corrected chi connectivity index (χ1v) is 8.91. The van der Waals surface area contributed by atoms with E-state index in [4.69, 9.17) is 33.2 Å². The summed E-state index contributed by atoms with van der Waals surface area (Å²) in [6, 6.07) is 27.3. The lowest BCUT2D eigenvalue weighted by Crippen LogP contribution is -1.95. The first-order valence-electron chi connectivity index (χ1n) is 8.15. The first-order chi connectivity index (χ1) is 12.7. The van der Waals surface area contributed by atoms with E-state index in [0.29, 0.717) is 15.9 Å². The van der Waals surface area contributed by atoms with Gasteiger partial charge in [0, 0.05) is 26.7 Å². The highest BCUT2D eigenvalue weighted by molar-refractivity contribution is 6.30. The van der Waals surface area contributed by atoms with Gasteiger partial charge in [-0.25, -0.2) is 9.97 Å². The van der Waals surface area contributed by atoms with Crippen molar-refractivity contribution >= 4 is 23.2 Å². The normalized spacial score (nSPS) is 10.7. The van der Waals surface area contributed by atoms with Crippen LogP contribution in [-0.4, -0.2) is 9.97 Å². The lowest BCUT2D eigenvalue weighted by atomic mass is 10.1. The Kier molecular flexibility index (Phi) is 4.70. The molecule has 126 valence electrons. The predicted molar refractivity (Wildman–Crippen MR) is 108 cm³/mol. The molecule has 0 saturated heterocycles. The number of hydrogen-bond donors (Lipinski definition) is 0. The molecule has 0 aliphatic rings. The van der Waals surface area contributed by atoms with Gasteiger partial charge in [0.25, 0.3) is 0 Å². The third-order valence-corrected chi connectivity index (χ3v) is 4.54. The van der Waals surface area contributed by atoms with Gasteiger partial charge in [0.1, 0.15) is 0 Å². The van der Waals surface area contributed by atoms with E-state index in [2.05, 4.69) is 0 Å². The first kappa shape index (κ1) is 16.8. The lowest BCUT2D eigenvalue weighted by molar-refractivity contribution is 1.18. The molecule has 0 aliphatic heterocycles. The molecule has 3 aromatic carbocycles. The highest BCUT2D eigenvalue weighted by Crippen LogP contribution is 2.28. The minimum Gasteiger partial charge on any atom is -0.228 e. The average molecular weight is 377 g/mol. The molecular weight excluding hydrogens is 363 g/mol. The van der Waals surface area contributed by atoms with Crippen LogP contribution in [0.3, 0.4) is 0 Å². The molecule has 1 heterocycles. The van der Waals surface area contributed by atoms with Crippen molar-refractivity contribution in [3.05, 3.63) is 95.0 Å². The van der Waals surface area contributed by atoms with E-state index in [1.54, 1.807) is 0 Å². The van der Waals surface area contributed by atoms with Crippen LogP contribution in [0.15, 0.2) is 84.9 Å². The van der Waals surface area contributed by atoms with Crippen molar-refractivity contribution in [1.29, 1.82) is 0 Å². The van der Waals surface area contributed by atoms with Crippen LogP contribution in [0.25, 0.3) is 33.9 Å². The molecule has 0 amide bonds. The smallest absolute Gasteiger partial charge is 0.160 e. The molecule has 4 rings (SSSR count). The number of benzene rings is 3. The molecule has 0 radical (unpaired) electrons. The number of halogens is 2. The summed E-state index contributed by atoms with van der Waals surface area (Å²) in [5, 5.41) is 1.38. The Bertz CT molecular complexity index is 964. The van der Waals surface area contributed by atoms with E-state index in [1.165, 1.54) is 0 Å². The van der Waals surface area contributed by atoms with Crippen LogP contribution in [0.1, 0.15) is 0 Å². The maximum absolute atomic E-state index is 6.02. The minimum atomic E-state index is 0.660. The largest absolute Gasteiger partial charge is 0.228 e. The summed E-state index contributed by atoms with van der Waals surface area (Å²) in [7, 11) is 0. The molecule has 26 heavy (non-hydrogen) atoms. The number of rotatable bonds is 3. The van der Waals surface area contributed by atoms with Crippen molar-refractivity contribution in [1.82, 2.24) is 9.97 Å². The zero-order valence-corrected chi connectivity index (χ0v) is 15.2. The molecule has 0 saturated carbocycles. The van der Waals surface area contributed by atoms with Crippen molar-refractivity contribution in [2.45, 2.75) is 0 Å². The molecule has 0 aliphatic carbocycles. The van der Waals surface area contributed by atoms with Crippen molar-refractivity contribution in [2.75, 3.05) is 0 Å². The molecule has 0 unspecified atom stereocenters. The number of nitrogens with zero attached hydrogens (tertiary/aromatic N) is 2. The van der Waals surface area contributed by atoms with Crippen molar-refractivity contribution in [3.8, 4) is 33.9 Å². The molecule has 0 spiro atoms. The van der Waals surface area contributed by atoms with Crippen LogP contribution in [0, 0.1) is 0 Å². The fourth-order valence-electron chi connectivity index (χ4n) is 2.70. The molecule has 0 bridgehead atoms. The highest BCUT2D eigenvalue weighted by atomic mass is 35.5. The Hall–Kier alpha value is -2.68. The third kappa shape index (κ3) is 3.62. The Morgan fingerprint density at radius 3 is 1.50 bits per heavy atom. The zero-order chi connectivity index (χ0) is 17.9. The van der Waals surface area contributed by atoms with E-state index in [0.717, 1.165) is 28.1 Å². The van der Waals surface area contributed by atoms with Crippen LogP contribution < -0.4 is 0 Å². The summed E-state index contributed by atoms with van der Waals surface area (Å²) in [6.45, 7) is 0. The van der Waals surface area contributed by atoms with Gasteiger partial charge in [-0.15, -0.1) is 0 Å². The van der Waals surface area contributed by atoms with Gasteiger partial charge < -0.3 is 0 Å². The quantitative estimate of drug-likeness (QED) is 0.393. The van der Waals surface area contributed by atoms with Gasteiger partial charge in [0.15, 0.2) is 5.82 Å². The molecular formula is C22H14Cl2N2. The van der Waals surface area contributed by atoms with Crippen molar-refractivity contribution < 1.29 is 0 Å². The van der Waals surface area contributed by atoms with Crippen LogP contribution in [-0.2, 0) is 0 Å². The second-order valence-corrected chi connectivity index (χ2v) is 6.71.